The number of alkyl halides is 2. The van der Waals surface area contributed by atoms with Crippen LogP contribution in [0.1, 0.15) is 12.0 Å². The van der Waals surface area contributed by atoms with Gasteiger partial charge >= 0.3 is 0 Å². The van der Waals surface area contributed by atoms with Crippen LogP contribution >= 0.6 is 15.9 Å². The van der Waals surface area contributed by atoms with E-state index in [1.807, 2.05) is 0 Å². The van der Waals surface area contributed by atoms with Crippen molar-refractivity contribution in [3.63, 3.8) is 0 Å². The molecule has 1 aromatic carbocycles. The molecule has 2 rings (SSSR count). The minimum Gasteiger partial charge on any atom is -0.411 e. The van der Waals surface area contributed by atoms with Crippen LogP contribution in [0.5, 0.6) is 0 Å². The lowest BCUT2D eigenvalue weighted by atomic mass is 10.1. The summed E-state index contributed by atoms with van der Waals surface area (Å²) in [6.07, 6.45) is -2.50. The fraction of sp³-hybridized carbons (Fsp3) is 0.111. The summed E-state index contributed by atoms with van der Waals surface area (Å²) in [5.41, 5.74) is 0.410. The van der Waals surface area contributed by atoms with Gasteiger partial charge in [0.2, 0.25) is 5.89 Å². The Bertz CT molecular complexity index is 473. The topological polar surface area (TPSA) is 38.9 Å². The summed E-state index contributed by atoms with van der Waals surface area (Å²) in [4.78, 5) is 0.222. The molecule has 0 N–H and O–H groups in total. The SMILES string of the molecule is FC(F)c1cccc(-c2nnc(Br)o2)c1. The Balaban J connectivity index is 2.41. The van der Waals surface area contributed by atoms with Gasteiger partial charge in [-0.1, -0.05) is 12.1 Å². The molecule has 0 bridgehead atoms. The maximum absolute atomic E-state index is 12.4. The number of hydrogen-bond acceptors (Lipinski definition) is 3. The first kappa shape index (κ1) is 10.2. The second kappa shape index (κ2) is 4.06. The molecule has 1 heterocycles. The van der Waals surface area contributed by atoms with Crippen molar-refractivity contribution in [1.29, 1.82) is 0 Å². The summed E-state index contributed by atoms with van der Waals surface area (Å²) in [6, 6.07) is 5.82. The van der Waals surface area contributed by atoms with Gasteiger partial charge in [0.25, 0.3) is 11.2 Å². The van der Waals surface area contributed by atoms with Crippen molar-refractivity contribution in [2.45, 2.75) is 6.43 Å². The fourth-order valence-corrected chi connectivity index (χ4v) is 1.36. The normalized spacial score (nSPS) is 10.9. The second-order valence-electron chi connectivity index (χ2n) is 2.79. The highest BCUT2D eigenvalue weighted by molar-refractivity contribution is 9.10. The molecule has 0 aliphatic heterocycles. The molecule has 0 aliphatic rings. The van der Waals surface area contributed by atoms with Crippen molar-refractivity contribution in [2.24, 2.45) is 0 Å². The molecule has 0 saturated carbocycles. The van der Waals surface area contributed by atoms with Gasteiger partial charge < -0.3 is 4.42 Å². The van der Waals surface area contributed by atoms with E-state index in [9.17, 15) is 8.78 Å². The Morgan fingerprint density at radius 3 is 2.67 bits per heavy atom. The van der Waals surface area contributed by atoms with E-state index in [0.29, 0.717) is 5.56 Å². The van der Waals surface area contributed by atoms with E-state index in [0.717, 1.165) is 0 Å². The number of nitrogens with zero attached hydrogens (tertiary/aromatic N) is 2. The molecular formula is C9H5BrF2N2O. The lowest BCUT2D eigenvalue weighted by molar-refractivity contribution is 0.151. The number of hydrogen-bond donors (Lipinski definition) is 0. The highest BCUT2D eigenvalue weighted by Gasteiger charge is 2.11. The van der Waals surface area contributed by atoms with Crippen LogP contribution in [0.15, 0.2) is 33.5 Å². The number of aromatic nitrogens is 2. The zero-order chi connectivity index (χ0) is 10.8. The van der Waals surface area contributed by atoms with E-state index in [1.54, 1.807) is 6.07 Å². The Morgan fingerprint density at radius 1 is 1.27 bits per heavy atom. The van der Waals surface area contributed by atoms with Crippen molar-refractivity contribution >= 4 is 15.9 Å². The molecule has 0 saturated heterocycles. The molecule has 15 heavy (non-hydrogen) atoms. The first-order valence-corrected chi connectivity index (χ1v) is 4.83. The number of rotatable bonds is 2. The first-order valence-electron chi connectivity index (χ1n) is 4.04. The highest BCUT2D eigenvalue weighted by Crippen LogP contribution is 2.25. The highest BCUT2D eigenvalue weighted by atomic mass is 79.9. The molecule has 3 nitrogen and oxygen atoms in total. The molecular weight excluding hydrogens is 270 g/mol. The molecule has 6 heteroatoms. The molecule has 0 fully saturated rings. The van der Waals surface area contributed by atoms with Gasteiger partial charge in [0, 0.05) is 27.1 Å². The van der Waals surface area contributed by atoms with Crippen LogP contribution in [-0.4, -0.2) is 10.2 Å². The van der Waals surface area contributed by atoms with E-state index in [2.05, 4.69) is 26.1 Å². The maximum Gasteiger partial charge on any atom is 0.285 e. The van der Waals surface area contributed by atoms with E-state index in [1.165, 1.54) is 18.2 Å². The van der Waals surface area contributed by atoms with E-state index in [-0.39, 0.29) is 16.3 Å². The zero-order valence-corrected chi connectivity index (χ0v) is 8.91. The molecule has 0 aliphatic carbocycles. The molecule has 0 unspecified atom stereocenters. The Morgan fingerprint density at radius 2 is 2.07 bits per heavy atom. The molecule has 78 valence electrons. The standard InChI is InChI=1S/C9H5BrF2N2O/c10-9-14-13-8(15-9)6-3-1-2-5(4-6)7(11)12/h1-4,7H. The van der Waals surface area contributed by atoms with Gasteiger partial charge in [-0.3, -0.25) is 0 Å². The van der Waals surface area contributed by atoms with Gasteiger partial charge in [0.05, 0.1) is 0 Å². The summed E-state index contributed by atoms with van der Waals surface area (Å²) in [7, 11) is 0. The second-order valence-corrected chi connectivity index (χ2v) is 3.46. The molecule has 0 atom stereocenters. The van der Waals surface area contributed by atoms with Gasteiger partial charge in [-0.05, 0) is 12.1 Å². The molecule has 0 spiro atoms. The summed E-state index contributed by atoms with van der Waals surface area (Å²) in [5.74, 6) is 0.212. The predicted molar refractivity (Wildman–Crippen MR) is 52.4 cm³/mol. The average molecular weight is 275 g/mol. The van der Waals surface area contributed by atoms with Crippen molar-refractivity contribution in [2.75, 3.05) is 0 Å². The van der Waals surface area contributed by atoms with Crippen LogP contribution in [0.2, 0.25) is 0 Å². The third-order valence-corrected chi connectivity index (χ3v) is 2.11. The van der Waals surface area contributed by atoms with Crippen molar-refractivity contribution in [3.05, 3.63) is 34.6 Å². The van der Waals surface area contributed by atoms with Crippen LogP contribution < -0.4 is 0 Å². The summed E-state index contributed by atoms with van der Waals surface area (Å²) < 4.78 is 29.8. The molecule has 0 radical (unpaired) electrons. The van der Waals surface area contributed by atoms with E-state index < -0.39 is 6.43 Å². The number of halogens is 3. The van der Waals surface area contributed by atoms with Crippen molar-refractivity contribution in [1.82, 2.24) is 10.2 Å². The van der Waals surface area contributed by atoms with Crippen LogP contribution in [0.4, 0.5) is 8.78 Å². The Hall–Kier alpha value is -1.30. The quantitative estimate of drug-likeness (QED) is 0.842. The fourth-order valence-electron chi connectivity index (χ4n) is 1.13. The first-order chi connectivity index (χ1) is 7.16. The minimum atomic E-state index is -2.50. The monoisotopic (exact) mass is 274 g/mol. The van der Waals surface area contributed by atoms with Crippen LogP contribution in [-0.2, 0) is 0 Å². The van der Waals surface area contributed by atoms with Gasteiger partial charge in [-0.25, -0.2) is 8.78 Å². The van der Waals surface area contributed by atoms with Crippen molar-refractivity contribution < 1.29 is 13.2 Å². The average Bonchev–Trinajstić information content (AvgIpc) is 2.65. The number of benzene rings is 1. The smallest absolute Gasteiger partial charge is 0.285 e. The van der Waals surface area contributed by atoms with Crippen LogP contribution in [0.25, 0.3) is 11.5 Å². The van der Waals surface area contributed by atoms with Crippen LogP contribution in [0, 0.1) is 0 Å². The van der Waals surface area contributed by atoms with Gasteiger partial charge in [0.15, 0.2) is 0 Å². The molecule has 1 aromatic heterocycles. The van der Waals surface area contributed by atoms with Gasteiger partial charge in [0.1, 0.15) is 0 Å². The third-order valence-electron chi connectivity index (χ3n) is 1.79. The van der Waals surface area contributed by atoms with Crippen molar-refractivity contribution in [3.8, 4) is 11.5 Å². The predicted octanol–water partition coefficient (Wildman–Crippen LogP) is 3.44. The molecule has 2 aromatic rings. The Kier molecular flexibility index (Phi) is 2.77. The maximum atomic E-state index is 12.4. The summed E-state index contributed by atoms with van der Waals surface area (Å²) in [6.45, 7) is 0. The van der Waals surface area contributed by atoms with E-state index >= 15 is 0 Å². The largest absolute Gasteiger partial charge is 0.411 e. The summed E-state index contributed by atoms with van der Waals surface area (Å²) >= 11 is 2.99. The lowest BCUT2D eigenvalue weighted by Gasteiger charge is -2.00. The Labute approximate surface area is 92.3 Å². The minimum absolute atomic E-state index is 0.0678. The van der Waals surface area contributed by atoms with Gasteiger partial charge in [-0.15, -0.1) is 10.2 Å². The zero-order valence-electron chi connectivity index (χ0n) is 7.32. The van der Waals surface area contributed by atoms with Gasteiger partial charge in [-0.2, -0.15) is 0 Å². The summed E-state index contributed by atoms with van der Waals surface area (Å²) in [5, 5.41) is 7.26. The third kappa shape index (κ3) is 2.20. The lowest BCUT2D eigenvalue weighted by Crippen LogP contribution is -1.85. The van der Waals surface area contributed by atoms with Crippen LogP contribution in [0.3, 0.4) is 0 Å². The molecule has 0 amide bonds. The van der Waals surface area contributed by atoms with E-state index in [4.69, 9.17) is 4.42 Å².